The first-order valence-electron chi connectivity index (χ1n) is 3.56. The Bertz CT molecular complexity index is 420. The Morgan fingerprint density at radius 1 is 1.20 bits per heavy atom. The zero-order chi connectivity index (χ0) is 10.9. The predicted molar refractivity (Wildman–Crippen MR) is 51.9 cm³/mol. The van der Waals surface area contributed by atoms with Crippen LogP contribution in [0, 0.1) is 27.2 Å². The van der Waals surface area contributed by atoms with E-state index in [-0.39, 0.29) is 38.6 Å². The SMILES string of the molecule is Cc1c(O)ccc([N+](=O)[O-])c1[N+](=O)[O-].[Pb]. The second-order valence-electron chi connectivity index (χ2n) is 2.59. The number of nitro groups is 2. The summed E-state index contributed by atoms with van der Waals surface area (Å²) in [5, 5.41) is 30.0. The van der Waals surface area contributed by atoms with Crippen LogP contribution in [-0.2, 0) is 0 Å². The van der Waals surface area contributed by atoms with Gasteiger partial charge in [0.05, 0.1) is 15.4 Å². The van der Waals surface area contributed by atoms with E-state index in [1.54, 1.807) is 0 Å². The largest absolute Gasteiger partial charge is 0.507 e. The number of aromatic hydroxyl groups is 1. The van der Waals surface area contributed by atoms with E-state index in [9.17, 15) is 20.2 Å². The van der Waals surface area contributed by atoms with Gasteiger partial charge in [0, 0.05) is 33.4 Å². The minimum Gasteiger partial charge on any atom is -0.507 e. The van der Waals surface area contributed by atoms with Crippen molar-refractivity contribution in [1.29, 1.82) is 0 Å². The molecule has 0 unspecified atom stereocenters. The fourth-order valence-electron chi connectivity index (χ4n) is 1.05. The van der Waals surface area contributed by atoms with Gasteiger partial charge in [-0.1, -0.05) is 0 Å². The van der Waals surface area contributed by atoms with E-state index in [0.29, 0.717) is 0 Å². The molecule has 0 aromatic heterocycles. The Hall–Kier alpha value is -1.26. The topological polar surface area (TPSA) is 107 Å². The second-order valence-corrected chi connectivity index (χ2v) is 2.59. The number of phenols is 1. The summed E-state index contributed by atoms with van der Waals surface area (Å²) >= 11 is 0. The van der Waals surface area contributed by atoms with Gasteiger partial charge >= 0.3 is 11.4 Å². The summed E-state index contributed by atoms with van der Waals surface area (Å²) in [4.78, 5) is 19.2. The predicted octanol–water partition coefficient (Wildman–Crippen LogP) is 1.14. The molecule has 7 nitrogen and oxygen atoms in total. The number of rotatable bonds is 2. The summed E-state index contributed by atoms with van der Waals surface area (Å²) in [6.07, 6.45) is 0. The Morgan fingerprint density at radius 3 is 2.13 bits per heavy atom. The third-order valence-electron chi connectivity index (χ3n) is 1.76. The van der Waals surface area contributed by atoms with Gasteiger partial charge in [0.25, 0.3) is 0 Å². The second kappa shape index (κ2) is 5.00. The molecule has 0 heterocycles. The van der Waals surface area contributed by atoms with Crippen LogP contribution in [0.5, 0.6) is 5.75 Å². The minimum atomic E-state index is -0.882. The molecule has 0 amide bonds. The van der Waals surface area contributed by atoms with Gasteiger partial charge in [-0.05, 0) is 13.0 Å². The van der Waals surface area contributed by atoms with Gasteiger partial charge in [-0.3, -0.25) is 20.2 Å². The smallest absolute Gasteiger partial charge is 0.352 e. The molecule has 0 aliphatic heterocycles. The quantitative estimate of drug-likeness (QED) is 0.451. The van der Waals surface area contributed by atoms with E-state index in [4.69, 9.17) is 5.11 Å². The Balaban J connectivity index is 0.00000196. The molecule has 0 atom stereocenters. The molecule has 8 heteroatoms. The minimum absolute atomic E-state index is 0. The van der Waals surface area contributed by atoms with Gasteiger partial charge < -0.3 is 5.11 Å². The van der Waals surface area contributed by atoms with Crippen molar-refractivity contribution >= 4 is 38.7 Å². The standard InChI is InChI=1S/C7H6N2O5.Pb/c1-4-6(10)3-2-5(8(11)12)7(4)9(13)14;/h2-3,10H,1H3;. The first kappa shape index (κ1) is 13.7. The fraction of sp³-hybridized carbons (Fsp3) is 0.143. The van der Waals surface area contributed by atoms with E-state index in [1.807, 2.05) is 0 Å². The maximum atomic E-state index is 10.5. The van der Waals surface area contributed by atoms with Crippen molar-refractivity contribution in [3.8, 4) is 5.75 Å². The van der Waals surface area contributed by atoms with Crippen LogP contribution in [0.1, 0.15) is 5.56 Å². The van der Waals surface area contributed by atoms with Gasteiger partial charge in [0.1, 0.15) is 5.75 Å². The Labute approximate surface area is 104 Å². The number of phenolic OH excluding ortho intramolecular Hbond substituents is 1. The monoisotopic (exact) mass is 406 g/mol. The number of benzene rings is 1. The van der Waals surface area contributed by atoms with Crippen molar-refractivity contribution in [2.75, 3.05) is 0 Å². The molecule has 1 N–H and O–H groups in total. The van der Waals surface area contributed by atoms with Crippen molar-refractivity contribution in [2.45, 2.75) is 6.92 Å². The van der Waals surface area contributed by atoms with Crippen molar-refractivity contribution in [3.63, 3.8) is 0 Å². The molecule has 1 rings (SSSR count). The van der Waals surface area contributed by atoms with Gasteiger partial charge in [-0.15, -0.1) is 0 Å². The van der Waals surface area contributed by atoms with Gasteiger partial charge in [-0.2, -0.15) is 0 Å². The average molecular weight is 405 g/mol. The first-order valence-corrected chi connectivity index (χ1v) is 3.56. The van der Waals surface area contributed by atoms with Crippen LogP contribution in [0.4, 0.5) is 11.4 Å². The number of nitro benzene ring substituents is 2. The summed E-state index contributed by atoms with van der Waals surface area (Å²) in [6, 6.07) is 1.96. The van der Waals surface area contributed by atoms with E-state index in [0.717, 1.165) is 12.1 Å². The average Bonchev–Trinajstić information content (AvgIpc) is 2.08. The molecule has 1 aromatic carbocycles. The number of hydrogen-bond acceptors (Lipinski definition) is 5. The molecular weight excluding hydrogens is 399 g/mol. The van der Waals surface area contributed by atoms with Crippen LogP contribution in [0.15, 0.2) is 12.1 Å². The zero-order valence-electron chi connectivity index (χ0n) is 7.63. The summed E-state index contributed by atoms with van der Waals surface area (Å²) < 4.78 is 0. The molecule has 1 aromatic rings. The summed E-state index contributed by atoms with van der Waals surface area (Å²) in [7, 11) is 0. The molecule has 4 radical (unpaired) electrons. The summed E-state index contributed by atoms with van der Waals surface area (Å²) in [5.74, 6) is -0.331. The summed E-state index contributed by atoms with van der Waals surface area (Å²) in [6.45, 7) is 1.25. The third-order valence-corrected chi connectivity index (χ3v) is 1.76. The summed E-state index contributed by atoms with van der Waals surface area (Å²) in [5.41, 5.74) is -1.40. The molecule has 0 aliphatic carbocycles. The van der Waals surface area contributed by atoms with E-state index >= 15 is 0 Å². The van der Waals surface area contributed by atoms with Crippen LogP contribution in [0.25, 0.3) is 0 Å². The van der Waals surface area contributed by atoms with Crippen LogP contribution in [-0.4, -0.2) is 42.3 Å². The van der Waals surface area contributed by atoms with Gasteiger partial charge in [-0.25, -0.2) is 0 Å². The maximum Gasteiger partial charge on any atom is 0.352 e. The van der Waals surface area contributed by atoms with Crippen LogP contribution in [0.3, 0.4) is 0 Å². The van der Waals surface area contributed by atoms with E-state index in [1.165, 1.54) is 6.92 Å². The first-order chi connectivity index (χ1) is 6.45. The molecule has 0 aliphatic rings. The zero-order valence-corrected chi connectivity index (χ0v) is 11.5. The Morgan fingerprint density at radius 2 is 1.73 bits per heavy atom. The normalized spacial score (nSPS) is 9.13. The Kier molecular flexibility index (Phi) is 4.58. The third kappa shape index (κ3) is 2.61. The van der Waals surface area contributed by atoms with Crippen molar-refractivity contribution < 1.29 is 15.0 Å². The van der Waals surface area contributed by atoms with Crippen molar-refractivity contribution in [1.82, 2.24) is 0 Å². The molecule has 15 heavy (non-hydrogen) atoms. The number of hydrogen-bond donors (Lipinski definition) is 1. The molecule has 78 valence electrons. The van der Waals surface area contributed by atoms with Crippen LogP contribution >= 0.6 is 0 Å². The van der Waals surface area contributed by atoms with Gasteiger partial charge in [0.15, 0.2) is 0 Å². The van der Waals surface area contributed by atoms with E-state index < -0.39 is 21.2 Å². The number of nitrogens with zero attached hydrogens (tertiary/aromatic N) is 2. The van der Waals surface area contributed by atoms with Gasteiger partial charge in [0.2, 0.25) is 0 Å². The van der Waals surface area contributed by atoms with Crippen molar-refractivity contribution in [2.24, 2.45) is 0 Å². The molecule has 0 bridgehead atoms. The molecule has 0 saturated carbocycles. The molecule has 0 spiro atoms. The molecular formula is C7H6N2O5Pb. The van der Waals surface area contributed by atoms with E-state index in [2.05, 4.69) is 0 Å². The molecule has 0 fully saturated rings. The van der Waals surface area contributed by atoms with Crippen molar-refractivity contribution in [3.05, 3.63) is 37.9 Å². The molecule has 0 saturated heterocycles. The maximum absolute atomic E-state index is 10.5. The fourth-order valence-corrected chi connectivity index (χ4v) is 1.05. The van der Waals surface area contributed by atoms with Crippen LogP contribution < -0.4 is 0 Å². The van der Waals surface area contributed by atoms with Crippen LogP contribution in [0.2, 0.25) is 0 Å².